The summed E-state index contributed by atoms with van der Waals surface area (Å²) >= 11 is 0. The van der Waals surface area contributed by atoms with Crippen LogP contribution in [0.2, 0.25) is 0 Å². The lowest BCUT2D eigenvalue weighted by Gasteiger charge is -2.15. The van der Waals surface area contributed by atoms with Gasteiger partial charge in [0, 0.05) is 5.41 Å². The molecule has 0 atom stereocenters. The second-order valence-electron chi connectivity index (χ2n) is 4.74. The zero-order valence-corrected chi connectivity index (χ0v) is 8.97. The minimum absolute atomic E-state index is 0.103. The largest absolute Gasteiger partial charge is 0.504 e. The van der Waals surface area contributed by atoms with E-state index in [9.17, 15) is 5.11 Å². The highest BCUT2D eigenvalue weighted by Gasteiger charge is 2.24. The molecule has 1 aromatic heterocycles. The van der Waals surface area contributed by atoms with Crippen LogP contribution in [-0.2, 0) is 5.41 Å². The van der Waals surface area contributed by atoms with Crippen molar-refractivity contribution in [2.45, 2.75) is 46.0 Å². The molecule has 0 amide bonds. The number of nitrogens with one attached hydrogen (secondary N) is 1. The maximum Gasteiger partial charge on any atom is 0.160 e. The molecule has 0 radical (unpaired) electrons. The summed E-state index contributed by atoms with van der Waals surface area (Å²) < 4.78 is 0. The van der Waals surface area contributed by atoms with E-state index in [4.69, 9.17) is 0 Å². The van der Waals surface area contributed by atoms with Crippen molar-refractivity contribution >= 4 is 0 Å². The summed E-state index contributed by atoms with van der Waals surface area (Å²) in [4.78, 5) is 0. The van der Waals surface area contributed by atoms with Gasteiger partial charge in [0.2, 0.25) is 0 Å². The van der Waals surface area contributed by atoms with Crippen molar-refractivity contribution in [1.82, 2.24) is 10.2 Å². The van der Waals surface area contributed by atoms with Crippen LogP contribution < -0.4 is 0 Å². The molecule has 0 fully saturated rings. The van der Waals surface area contributed by atoms with Crippen LogP contribution >= 0.6 is 0 Å². The second kappa shape index (κ2) is 3.05. The fourth-order valence-electron chi connectivity index (χ4n) is 1.28. The molecule has 1 aromatic rings. The van der Waals surface area contributed by atoms with E-state index in [1.54, 1.807) is 0 Å². The molecule has 1 rings (SSSR count). The van der Waals surface area contributed by atoms with E-state index in [1.807, 2.05) is 34.6 Å². The van der Waals surface area contributed by atoms with Crippen LogP contribution in [0.1, 0.15) is 51.9 Å². The summed E-state index contributed by atoms with van der Waals surface area (Å²) in [7, 11) is 0. The Labute approximate surface area is 79.2 Å². The molecule has 0 saturated heterocycles. The summed E-state index contributed by atoms with van der Waals surface area (Å²) in [6.45, 7) is 10.2. The number of aromatic nitrogens is 2. The van der Waals surface area contributed by atoms with Crippen molar-refractivity contribution in [3.63, 3.8) is 0 Å². The van der Waals surface area contributed by atoms with Crippen molar-refractivity contribution in [2.75, 3.05) is 0 Å². The quantitative estimate of drug-likeness (QED) is 0.701. The van der Waals surface area contributed by atoms with Gasteiger partial charge in [-0.1, -0.05) is 34.6 Å². The lowest BCUT2D eigenvalue weighted by molar-refractivity contribution is 0.437. The third kappa shape index (κ3) is 1.85. The average Bonchev–Trinajstić information content (AvgIpc) is 2.28. The van der Waals surface area contributed by atoms with Gasteiger partial charge in [-0.2, -0.15) is 5.10 Å². The van der Waals surface area contributed by atoms with E-state index < -0.39 is 0 Å². The number of hydrogen-bond acceptors (Lipinski definition) is 2. The van der Waals surface area contributed by atoms with Gasteiger partial charge >= 0.3 is 0 Å². The fourth-order valence-corrected chi connectivity index (χ4v) is 1.28. The first-order valence-corrected chi connectivity index (χ1v) is 4.61. The van der Waals surface area contributed by atoms with Gasteiger partial charge in [-0.15, -0.1) is 0 Å². The Morgan fingerprint density at radius 1 is 1.31 bits per heavy atom. The molecule has 0 aliphatic heterocycles. The van der Waals surface area contributed by atoms with Crippen molar-refractivity contribution in [1.29, 1.82) is 0 Å². The van der Waals surface area contributed by atoms with Gasteiger partial charge in [0.1, 0.15) is 5.69 Å². The number of aromatic amines is 1. The number of aromatic hydroxyl groups is 1. The smallest absolute Gasteiger partial charge is 0.160 e. The van der Waals surface area contributed by atoms with Gasteiger partial charge in [-0.25, -0.2) is 0 Å². The molecule has 0 saturated carbocycles. The van der Waals surface area contributed by atoms with Crippen LogP contribution in [0.15, 0.2) is 0 Å². The minimum Gasteiger partial charge on any atom is -0.504 e. The van der Waals surface area contributed by atoms with Gasteiger partial charge in [0.25, 0.3) is 0 Å². The molecule has 2 N–H and O–H groups in total. The summed E-state index contributed by atoms with van der Waals surface area (Å²) in [5.74, 6) is 0.603. The molecular weight excluding hydrogens is 164 g/mol. The zero-order valence-electron chi connectivity index (χ0n) is 8.97. The Bertz CT molecular complexity index is 294. The molecular formula is C10H18N2O. The SMILES string of the molecule is CC(C)c1[nH]nc(C(C)(C)C)c1O. The number of rotatable bonds is 1. The van der Waals surface area contributed by atoms with Gasteiger partial charge < -0.3 is 5.11 Å². The zero-order chi connectivity index (χ0) is 10.2. The van der Waals surface area contributed by atoms with Crippen LogP contribution in [0, 0.1) is 0 Å². The summed E-state index contributed by atoms with van der Waals surface area (Å²) in [5, 5.41) is 16.9. The van der Waals surface area contributed by atoms with Crippen LogP contribution in [0.5, 0.6) is 5.75 Å². The topological polar surface area (TPSA) is 48.9 Å². The molecule has 13 heavy (non-hydrogen) atoms. The van der Waals surface area contributed by atoms with Crippen molar-refractivity contribution in [3.05, 3.63) is 11.4 Å². The Morgan fingerprint density at radius 3 is 2.08 bits per heavy atom. The monoisotopic (exact) mass is 182 g/mol. The Kier molecular flexibility index (Phi) is 2.37. The maximum absolute atomic E-state index is 9.84. The highest BCUT2D eigenvalue weighted by Crippen LogP contribution is 2.33. The molecule has 3 heteroatoms. The third-order valence-electron chi connectivity index (χ3n) is 2.06. The van der Waals surface area contributed by atoms with E-state index in [0.717, 1.165) is 11.4 Å². The first kappa shape index (κ1) is 10.1. The first-order chi connectivity index (χ1) is 5.84. The van der Waals surface area contributed by atoms with E-state index >= 15 is 0 Å². The van der Waals surface area contributed by atoms with Gasteiger partial charge in [0.05, 0.1) is 5.69 Å². The summed E-state index contributed by atoms with van der Waals surface area (Å²) in [5.41, 5.74) is 1.47. The summed E-state index contributed by atoms with van der Waals surface area (Å²) in [6, 6.07) is 0. The van der Waals surface area contributed by atoms with Crippen molar-refractivity contribution in [2.24, 2.45) is 0 Å². The number of hydrogen-bond donors (Lipinski definition) is 2. The number of nitrogens with zero attached hydrogens (tertiary/aromatic N) is 1. The van der Waals surface area contributed by atoms with Crippen LogP contribution in [-0.4, -0.2) is 15.3 Å². The van der Waals surface area contributed by atoms with Gasteiger partial charge in [0.15, 0.2) is 5.75 Å². The van der Waals surface area contributed by atoms with Gasteiger partial charge in [-0.05, 0) is 5.92 Å². The van der Waals surface area contributed by atoms with Crippen molar-refractivity contribution in [3.8, 4) is 5.75 Å². The molecule has 3 nitrogen and oxygen atoms in total. The van der Waals surface area contributed by atoms with E-state index in [0.29, 0.717) is 5.75 Å². The highest BCUT2D eigenvalue weighted by atomic mass is 16.3. The van der Waals surface area contributed by atoms with Crippen LogP contribution in [0.4, 0.5) is 0 Å². The standard InChI is InChI=1S/C10H18N2O/c1-6(2)7-8(13)9(12-11-7)10(3,4)5/h6,13H,1-5H3,(H,11,12). The summed E-state index contributed by atoms with van der Waals surface area (Å²) in [6.07, 6.45) is 0. The Hall–Kier alpha value is -0.990. The second-order valence-corrected chi connectivity index (χ2v) is 4.74. The molecule has 0 bridgehead atoms. The lowest BCUT2D eigenvalue weighted by atomic mass is 9.91. The Balaban J connectivity index is 3.14. The predicted octanol–water partition coefficient (Wildman–Crippen LogP) is 2.54. The fraction of sp³-hybridized carbons (Fsp3) is 0.700. The molecule has 0 aliphatic rings. The predicted molar refractivity (Wildman–Crippen MR) is 53.0 cm³/mol. The third-order valence-corrected chi connectivity index (χ3v) is 2.06. The normalized spacial score (nSPS) is 12.5. The van der Waals surface area contributed by atoms with E-state index in [2.05, 4.69) is 10.2 Å². The van der Waals surface area contributed by atoms with Crippen LogP contribution in [0.25, 0.3) is 0 Å². The highest BCUT2D eigenvalue weighted by molar-refractivity contribution is 5.37. The van der Waals surface area contributed by atoms with E-state index in [-0.39, 0.29) is 11.3 Å². The van der Waals surface area contributed by atoms with Crippen molar-refractivity contribution < 1.29 is 5.11 Å². The molecule has 1 heterocycles. The molecule has 0 aromatic carbocycles. The van der Waals surface area contributed by atoms with Gasteiger partial charge in [-0.3, -0.25) is 5.10 Å². The molecule has 0 spiro atoms. The first-order valence-electron chi connectivity index (χ1n) is 4.61. The Morgan fingerprint density at radius 2 is 1.85 bits per heavy atom. The van der Waals surface area contributed by atoms with Crippen LogP contribution in [0.3, 0.4) is 0 Å². The van der Waals surface area contributed by atoms with E-state index in [1.165, 1.54) is 0 Å². The molecule has 0 unspecified atom stereocenters. The molecule has 74 valence electrons. The maximum atomic E-state index is 9.84. The minimum atomic E-state index is -0.103. The number of H-pyrrole nitrogens is 1. The molecule has 0 aliphatic carbocycles. The average molecular weight is 182 g/mol. The lowest BCUT2D eigenvalue weighted by Crippen LogP contribution is -2.11.